The molecule has 0 aromatic carbocycles. The summed E-state index contributed by atoms with van der Waals surface area (Å²) in [6.07, 6.45) is 0. The number of carbonyl (C=O) groups excluding carboxylic acids is 1. The molecule has 114 valence electrons. The lowest BCUT2D eigenvalue weighted by Crippen LogP contribution is -2.40. The number of rotatable bonds is 4. The predicted molar refractivity (Wildman–Crippen MR) is 73.7 cm³/mol. The Kier molecular flexibility index (Phi) is 4.42. The second-order valence-electron chi connectivity index (χ2n) is 5.70. The highest BCUT2D eigenvalue weighted by Crippen LogP contribution is 2.21. The van der Waals surface area contributed by atoms with Crippen LogP contribution in [0.5, 0.6) is 0 Å². The molecule has 1 N–H and O–H groups in total. The van der Waals surface area contributed by atoms with Crippen LogP contribution in [0.1, 0.15) is 33.6 Å². The van der Waals surface area contributed by atoms with E-state index >= 15 is 0 Å². The summed E-state index contributed by atoms with van der Waals surface area (Å²) in [4.78, 5) is 16.9. The van der Waals surface area contributed by atoms with Crippen molar-refractivity contribution in [1.29, 1.82) is 0 Å². The molecule has 1 heterocycles. The van der Waals surface area contributed by atoms with Crippen molar-refractivity contribution >= 4 is 21.9 Å². The van der Waals surface area contributed by atoms with Crippen molar-refractivity contribution in [3.8, 4) is 0 Å². The summed E-state index contributed by atoms with van der Waals surface area (Å²) in [5, 5.41) is 2.31. The van der Waals surface area contributed by atoms with Gasteiger partial charge in [-0.05, 0) is 12.1 Å². The highest BCUT2D eigenvalue weighted by atomic mass is 32.2. The Morgan fingerprint density at radius 2 is 1.90 bits per heavy atom. The summed E-state index contributed by atoms with van der Waals surface area (Å²) in [5.41, 5.74) is -0.387. The van der Waals surface area contributed by atoms with Crippen LogP contribution in [0.2, 0.25) is 0 Å². The van der Waals surface area contributed by atoms with Gasteiger partial charge in [0.05, 0.1) is 0 Å². The van der Waals surface area contributed by atoms with Gasteiger partial charge in [-0.3, -0.25) is 4.79 Å². The Bertz CT molecular complexity index is 586. The van der Waals surface area contributed by atoms with E-state index in [1.165, 1.54) is 25.9 Å². The van der Waals surface area contributed by atoms with E-state index in [0.29, 0.717) is 5.89 Å². The molecule has 0 aliphatic heterocycles. The van der Waals surface area contributed by atoms with Crippen LogP contribution < -0.4 is 4.72 Å². The fraction of sp³-hybridized carbons (Fsp3) is 0.727. The minimum atomic E-state index is -3.92. The Balaban J connectivity index is 2.92. The zero-order valence-corrected chi connectivity index (χ0v) is 13.3. The second-order valence-corrected chi connectivity index (χ2v) is 7.70. The van der Waals surface area contributed by atoms with E-state index in [9.17, 15) is 13.2 Å². The third-order valence-electron chi connectivity index (χ3n) is 2.56. The number of nitrogens with one attached hydrogen (secondary N) is 1. The molecule has 0 saturated carbocycles. The molecule has 0 radical (unpaired) electrons. The summed E-state index contributed by atoms with van der Waals surface area (Å²) < 4.78 is 31.2. The Morgan fingerprint density at radius 3 is 2.30 bits per heavy atom. The lowest BCUT2D eigenvalue weighted by atomic mass is 9.97. The van der Waals surface area contributed by atoms with Gasteiger partial charge < -0.3 is 9.42 Å². The topological polar surface area (TPSA) is 105 Å². The van der Waals surface area contributed by atoms with E-state index in [2.05, 4.69) is 14.9 Å². The van der Waals surface area contributed by atoms with Gasteiger partial charge >= 0.3 is 0 Å². The minimum Gasteiger partial charge on any atom is -0.348 e. The number of nitrogens with zero attached hydrogens (tertiary/aromatic N) is 3. The first-order valence-corrected chi connectivity index (χ1v) is 7.57. The number of aromatic nitrogens is 2. The molecule has 8 nitrogen and oxygen atoms in total. The van der Waals surface area contributed by atoms with Crippen LogP contribution >= 0.6 is 0 Å². The number of carbonyl (C=O) groups is 1. The highest BCUT2D eigenvalue weighted by Gasteiger charge is 2.31. The van der Waals surface area contributed by atoms with Crippen LogP contribution in [0.4, 0.5) is 5.95 Å². The quantitative estimate of drug-likeness (QED) is 0.872. The molecule has 0 aliphatic carbocycles. The molecule has 9 heteroatoms. The number of amides is 1. The molecule has 1 aromatic rings. The summed E-state index contributed by atoms with van der Waals surface area (Å²) in [5.74, 6) is -0.396. The van der Waals surface area contributed by atoms with Crippen LogP contribution in [-0.2, 0) is 20.2 Å². The fourth-order valence-corrected chi connectivity index (χ4v) is 2.27. The maximum absolute atomic E-state index is 12.0. The minimum absolute atomic E-state index is 0.173. The Hall–Kier alpha value is -1.64. The summed E-state index contributed by atoms with van der Waals surface area (Å²) in [6.45, 7) is 6.88. The van der Waals surface area contributed by atoms with Crippen LogP contribution in [0.3, 0.4) is 0 Å². The van der Waals surface area contributed by atoms with E-state index in [-0.39, 0.29) is 11.4 Å². The van der Waals surface area contributed by atoms with Crippen molar-refractivity contribution in [2.75, 3.05) is 18.8 Å². The van der Waals surface area contributed by atoms with E-state index in [1.807, 2.05) is 20.8 Å². The zero-order chi connectivity index (χ0) is 15.7. The summed E-state index contributed by atoms with van der Waals surface area (Å²) in [6, 6.07) is 0. The average Bonchev–Trinajstić information content (AvgIpc) is 2.74. The third-order valence-corrected chi connectivity index (χ3v) is 4.15. The van der Waals surface area contributed by atoms with Gasteiger partial charge in [0.1, 0.15) is 0 Å². The van der Waals surface area contributed by atoms with E-state index in [0.717, 1.165) is 0 Å². The summed E-state index contributed by atoms with van der Waals surface area (Å²) >= 11 is 0. The molecule has 0 bridgehead atoms. The molecule has 0 saturated heterocycles. The van der Waals surface area contributed by atoms with Gasteiger partial charge in [0, 0.05) is 19.5 Å². The molecule has 0 unspecified atom stereocenters. The number of hydrogen-bond acceptors (Lipinski definition) is 6. The molecular formula is C11H20N4O4S. The van der Waals surface area contributed by atoms with Crippen molar-refractivity contribution in [3.63, 3.8) is 0 Å². The predicted octanol–water partition coefficient (Wildman–Crippen LogP) is 0.585. The number of sulfonamides is 1. The van der Waals surface area contributed by atoms with Crippen LogP contribution in [0.15, 0.2) is 4.52 Å². The van der Waals surface area contributed by atoms with Gasteiger partial charge in [0.25, 0.3) is 5.95 Å². The van der Waals surface area contributed by atoms with E-state index in [4.69, 9.17) is 4.52 Å². The monoisotopic (exact) mass is 304 g/mol. The van der Waals surface area contributed by atoms with E-state index in [1.54, 1.807) is 0 Å². The SMILES string of the molecule is C[C@@H](C(=O)N(C)C)S(=O)(=O)Nc1noc(C(C)(C)C)n1. The fourth-order valence-electron chi connectivity index (χ4n) is 1.28. The van der Waals surface area contributed by atoms with Crippen LogP contribution in [0.25, 0.3) is 0 Å². The molecular weight excluding hydrogens is 284 g/mol. The van der Waals surface area contributed by atoms with Gasteiger partial charge in [-0.15, -0.1) is 0 Å². The first kappa shape index (κ1) is 16.4. The van der Waals surface area contributed by atoms with Gasteiger partial charge in [0.2, 0.25) is 21.8 Å². The molecule has 0 fully saturated rings. The van der Waals surface area contributed by atoms with E-state index < -0.39 is 21.2 Å². The van der Waals surface area contributed by atoms with Crippen LogP contribution in [0, 0.1) is 0 Å². The first-order chi connectivity index (χ1) is 8.95. The summed E-state index contributed by atoms with van der Waals surface area (Å²) in [7, 11) is -0.943. The van der Waals surface area contributed by atoms with Crippen LogP contribution in [-0.4, -0.2) is 48.7 Å². The highest BCUT2D eigenvalue weighted by molar-refractivity contribution is 7.94. The molecule has 1 rings (SSSR count). The smallest absolute Gasteiger partial charge is 0.277 e. The van der Waals surface area contributed by atoms with Crippen molar-refractivity contribution in [1.82, 2.24) is 15.0 Å². The molecule has 1 amide bonds. The van der Waals surface area contributed by atoms with Crippen molar-refractivity contribution in [2.45, 2.75) is 38.4 Å². The Labute approximate surface area is 118 Å². The molecule has 0 spiro atoms. The normalized spacial score (nSPS) is 13.9. The van der Waals surface area contributed by atoms with Crippen molar-refractivity contribution in [3.05, 3.63) is 5.89 Å². The van der Waals surface area contributed by atoms with Crippen molar-refractivity contribution in [2.24, 2.45) is 0 Å². The maximum atomic E-state index is 12.0. The van der Waals surface area contributed by atoms with Gasteiger partial charge in [-0.25, -0.2) is 13.1 Å². The maximum Gasteiger partial charge on any atom is 0.277 e. The molecule has 0 aliphatic rings. The second kappa shape index (κ2) is 5.39. The van der Waals surface area contributed by atoms with Gasteiger partial charge in [0.15, 0.2) is 5.25 Å². The third kappa shape index (κ3) is 3.69. The largest absolute Gasteiger partial charge is 0.348 e. The molecule has 20 heavy (non-hydrogen) atoms. The number of hydrogen-bond donors (Lipinski definition) is 1. The van der Waals surface area contributed by atoms with Crippen molar-refractivity contribution < 1.29 is 17.7 Å². The molecule has 1 atom stereocenters. The number of anilines is 1. The standard InChI is InChI=1S/C11H20N4O4S/c1-7(8(16)15(5)6)20(17,18)14-10-12-9(19-13-10)11(2,3)4/h7H,1-6H3,(H,13,14)/t7-/m0/s1. The van der Waals surface area contributed by atoms with Gasteiger partial charge in [-0.2, -0.15) is 4.98 Å². The zero-order valence-electron chi connectivity index (χ0n) is 12.5. The van der Waals surface area contributed by atoms with Gasteiger partial charge in [-0.1, -0.05) is 20.8 Å². The first-order valence-electron chi connectivity index (χ1n) is 6.02. The lowest BCUT2D eigenvalue weighted by molar-refractivity contribution is -0.127. The lowest BCUT2D eigenvalue weighted by Gasteiger charge is -2.16. The molecule has 1 aromatic heterocycles. The Morgan fingerprint density at radius 1 is 1.35 bits per heavy atom. The average molecular weight is 304 g/mol.